The molecule has 1 amide bonds. The molecule has 2 unspecified atom stereocenters. The Labute approximate surface area is 180 Å². The van der Waals surface area contributed by atoms with Gasteiger partial charge in [0.2, 0.25) is 0 Å². The Kier molecular flexibility index (Phi) is 6.30. The van der Waals surface area contributed by atoms with E-state index in [0.717, 1.165) is 31.7 Å². The summed E-state index contributed by atoms with van der Waals surface area (Å²) in [5.41, 5.74) is 0.595. The van der Waals surface area contributed by atoms with E-state index >= 15 is 0 Å². The summed E-state index contributed by atoms with van der Waals surface area (Å²) in [6, 6.07) is 14.3. The van der Waals surface area contributed by atoms with E-state index in [9.17, 15) is 9.90 Å². The maximum absolute atomic E-state index is 12.7. The van der Waals surface area contributed by atoms with E-state index in [1.165, 1.54) is 0 Å². The Hall–Kier alpha value is -1.79. The van der Waals surface area contributed by atoms with Gasteiger partial charge in [0, 0.05) is 41.8 Å². The van der Waals surface area contributed by atoms with E-state index in [0.29, 0.717) is 28.7 Å². The van der Waals surface area contributed by atoms with E-state index in [1.54, 1.807) is 29.2 Å². The van der Waals surface area contributed by atoms with Crippen LogP contribution >= 0.6 is 23.2 Å². The highest BCUT2D eigenvalue weighted by atomic mass is 35.5. The number of carbonyl (C=O) groups is 1. The van der Waals surface area contributed by atoms with Crippen LogP contribution in [-0.4, -0.2) is 65.2 Å². The monoisotopic (exact) mass is 434 g/mol. The first-order chi connectivity index (χ1) is 14.0. The minimum Gasteiger partial charge on any atom is -0.490 e. The quantitative estimate of drug-likeness (QED) is 0.796. The fraction of sp³-hybridized carbons (Fsp3) is 0.409. The van der Waals surface area contributed by atoms with Crippen molar-refractivity contribution in [1.82, 2.24) is 9.80 Å². The maximum atomic E-state index is 12.7. The predicted molar refractivity (Wildman–Crippen MR) is 114 cm³/mol. The van der Waals surface area contributed by atoms with Crippen LogP contribution < -0.4 is 4.74 Å². The van der Waals surface area contributed by atoms with Crippen molar-refractivity contribution >= 4 is 29.1 Å². The molecule has 0 spiro atoms. The zero-order valence-corrected chi connectivity index (χ0v) is 17.5. The fourth-order valence-electron chi connectivity index (χ4n) is 4.10. The lowest BCUT2D eigenvalue weighted by Crippen LogP contribution is -2.49. The van der Waals surface area contributed by atoms with Crippen LogP contribution in [0.5, 0.6) is 5.75 Å². The molecule has 0 bridgehead atoms. The van der Waals surface area contributed by atoms with Gasteiger partial charge in [-0.15, -0.1) is 0 Å². The number of rotatable bonds is 4. The molecular formula is C22H24Cl2N2O3. The number of benzene rings is 2. The average Bonchev–Trinajstić information content (AvgIpc) is 3.12. The summed E-state index contributed by atoms with van der Waals surface area (Å²) in [6.45, 7) is 2.56. The molecule has 2 atom stereocenters. The van der Waals surface area contributed by atoms with Crippen molar-refractivity contribution in [2.45, 2.75) is 31.1 Å². The molecule has 2 saturated heterocycles. The highest BCUT2D eigenvalue weighted by Gasteiger charge is 2.39. The minimum atomic E-state index is -0.542. The Morgan fingerprint density at radius 3 is 2.14 bits per heavy atom. The summed E-state index contributed by atoms with van der Waals surface area (Å²) in [6.07, 6.45) is 1.38. The Morgan fingerprint density at radius 2 is 1.52 bits per heavy atom. The van der Waals surface area contributed by atoms with Crippen molar-refractivity contribution < 1.29 is 14.6 Å². The summed E-state index contributed by atoms with van der Waals surface area (Å²) in [5, 5.41) is 11.9. The molecule has 154 valence electrons. The van der Waals surface area contributed by atoms with E-state index < -0.39 is 6.10 Å². The standard InChI is InChI=1S/C22H24Cl2N2O3/c23-16-3-1-15(2-4-16)22(28)26-13-20(21(27)14-26)25-11-9-19(10-12-25)29-18-7-5-17(24)6-8-18/h1-8,19-21,27H,9-14H2. The summed E-state index contributed by atoms with van der Waals surface area (Å²) in [4.78, 5) is 16.7. The van der Waals surface area contributed by atoms with Crippen molar-refractivity contribution in [3.63, 3.8) is 0 Å². The van der Waals surface area contributed by atoms with Gasteiger partial charge in [0.15, 0.2) is 0 Å². The molecule has 2 aliphatic rings. The van der Waals surface area contributed by atoms with Crippen LogP contribution in [0.25, 0.3) is 0 Å². The number of nitrogens with zero attached hydrogens (tertiary/aromatic N) is 2. The van der Waals surface area contributed by atoms with Crippen LogP contribution in [0.3, 0.4) is 0 Å². The average molecular weight is 435 g/mol. The summed E-state index contributed by atoms with van der Waals surface area (Å²) in [7, 11) is 0. The van der Waals surface area contributed by atoms with Gasteiger partial charge >= 0.3 is 0 Å². The van der Waals surface area contributed by atoms with Crippen molar-refractivity contribution in [3.8, 4) is 5.75 Å². The number of ether oxygens (including phenoxy) is 1. The molecule has 2 aliphatic heterocycles. The van der Waals surface area contributed by atoms with Crippen molar-refractivity contribution in [2.24, 2.45) is 0 Å². The molecule has 29 heavy (non-hydrogen) atoms. The number of likely N-dealkylation sites (tertiary alicyclic amines) is 2. The van der Waals surface area contributed by atoms with Crippen molar-refractivity contribution in [2.75, 3.05) is 26.2 Å². The molecule has 2 aromatic carbocycles. The van der Waals surface area contributed by atoms with Crippen LogP contribution in [0.2, 0.25) is 10.0 Å². The molecule has 0 aliphatic carbocycles. The largest absolute Gasteiger partial charge is 0.490 e. The number of aliphatic hydroxyl groups is 1. The van der Waals surface area contributed by atoms with Crippen LogP contribution in [0.15, 0.2) is 48.5 Å². The van der Waals surface area contributed by atoms with E-state index in [4.69, 9.17) is 27.9 Å². The van der Waals surface area contributed by atoms with Gasteiger partial charge in [-0.05, 0) is 61.4 Å². The fourth-order valence-corrected chi connectivity index (χ4v) is 4.35. The summed E-state index contributed by atoms with van der Waals surface area (Å²) in [5.74, 6) is 0.762. The van der Waals surface area contributed by atoms with E-state index in [1.807, 2.05) is 24.3 Å². The second-order valence-electron chi connectivity index (χ2n) is 7.66. The van der Waals surface area contributed by atoms with Crippen LogP contribution in [-0.2, 0) is 0 Å². The van der Waals surface area contributed by atoms with E-state index in [2.05, 4.69) is 4.90 Å². The number of carbonyl (C=O) groups excluding carboxylic acids is 1. The molecule has 1 N–H and O–H groups in total. The van der Waals surface area contributed by atoms with Gasteiger partial charge in [-0.3, -0.25) is 9.69 Å². The van der Waals surface area contributed by atoms with Gasteiger partial charge in [0.05, 0.1) is 12.1 Å². The van der Waals surface area contributed by atoms with Crippen LogP contribution in [0.4, 0.5) is 0 Å². The number of aliphatic hydroxyl groups excluding tert-OH is 1. The zero-order valence-electron chi connectivity index (χ0n) is 16.0. The highest BCUT2D eigenvalue weighted by molar-refractivity contribution is 6.30. The Morgan fingerprint density at radius 1 is 0.931 bits per heavy atom. The first-order valence-corrected chi connectivity index (χ1v) is 10.6. The molecule has 4 rings (SSSR count). The Bertz CT molecular complexity index is 836. The topological polar surface area (TPSA) is 53.0 Å². The maximum Gasteiger partial charge on any atom is 0.253 e. The van der Waals surface area contributed by atoms with E-state index in [-0.39, 0.29) is 18.1 Å². The Balaban J connectivity index is 1.31. The van der Waals surface area contributed by atoms with Crippen LogP contribution in [0.1, 0.15) is 23.2 Å². The number of hydrogen-bond donors (Lipinski definition) is 1. The highest BCUT2D eigenvalue weighted by Crippen LogP contribution is 2.25. The number of halogens is 2. The molecule has 0 radical (unpaired) electrons. The summed E-state index contributed by atoms with van der Waals surface area (Å²) < 4.78 is 6.05. The number of β-amino-alcohol motifs (C(OH)–C–C–N with tert-alkyl or cyclic N) is 1. The van der Waals surface area contributed by atoms with Gasteiger partial charge in [0.25, 0.3) is 5.91 Å². The van der Waals surface area contributed by atoms with Gasteiger partial charge in [-0.2, -0.15) is 0 Å². The molecular weight excluding hydrogens is 411 g/mol. The molecule has 7 heteroatoms. The molecule has 2 aromatic rings. The predicted octanol–water partition coefficient (Wildman–Crippen LogP) is 3.72. The minimum absolute atomic E-state index is 0.0391. The molecule has 0 saturated carbocycles. The van der Waals surface area contributed by atoms with Gasteiger partial charge in [-0.25, -0.2) is 0 Å². The van der Waals surface area contributed by atoms with Crippen molar-refractivity contribution in [3.05, 3.63) is 64.1 Å². The number of piperidine rings is 1. The number of amides is 1. The molecule has 5 nitrogen and oxygen atoms in total. The first-order valence-electron chi connectivity index (χ1n) is 9.89. The number of hydrogen-bond acceptors (Lipinski definition) is 4. The third kappa shape index (κ3) is 4.86. The lowest BCUT2D eigenvalue weighted by atomic mass is 10.0. The first kappa shape index (κ1) is 20.5. The third-order valence-electron chi connectivity index (χ3n) is 5.70. The summed E-state index contributed by atoms with van der Waals surface area (Å²) >= 11 is 11.8. The smallest absolute Gasteiger partial charge is 0.253 e. The normalized spacial score (nSPS) is 23.3. The zero-order chi connectivity index (χ0) is 20.4. The van der Waals surface area contributed by atoms with Crippen molar-refractivity contribution in [1.29, 1.82) is 0 Å². The second kappa shape index (κ2) is 8.92. The lowest BCUT2D eigenvalue weighted by molar-refractivity contribution is 0.0363. The molecule has 2 heterocycles. The van der Waals surface area contributed by atoms with Crippen LogP contribution in [0, 0.1) is 0 Å². The SMILES string of the molecule is O=C(c1ccc(Cl)cc1)N1CC(O)C(N2CCC(Oc3ccc(Cl)cc3)CC2)C1. The second-order valence-corrected chi connectivity index (χ2v) is 8.53. The van der Waals surface area contributed by atoms with Gasteiger partial charge in [0.1, 0.15) is 11.9 Å². The van der Waals surface area contributed by atoms with Gasteiger partial charge < -0.3 is 14.7 Å². The molecule has 2 fully saturated rings. The lowest BCUT2D eigenvalue weighted by Gasteiger charge is -2.36. The van der Waals surface area contributed by atoms with Gasteiger partial charge in [-0.1, -0.05) is 23.2 Å². The third-order valence-corrected chi connectivity index (χ3v) is 6.20. The molecule has 0 aromatic heterocycles.